The number of amides is 1. The Hall–Kier alpha value is -1.00. The summed E-state index contributed by atoms with van der Waals surface area (Å²) in [4.78, 5) is 13.9. The van der Waals surface area contributed by atoms with Gasteiger partial charge in [0.1, 0.15) is 5.76 Å². The molecule has 2 rings (SSSR count). The molecule has 0 aliphatic carbocycles. The van der Waals surface area contributed by atoms with Crippen LogP contribution < -0.4 is 5.32 Å². The minimum absolute atomic E-state index is 0. The van der Waals surface area contributed by atoms with Crippen LogP contribution in [0.1, 0.15) is 22.7 Å². The molecule has 0 spiro atoms. The lowest BCUT2D eigenvalue weighted by atomic mass is 10.1. The summed E-state index contributed by atoms with van der Waals surface area (Å²) >= 11 is 0. The number of hydrogen-bond donors (Lipinski definition) is 1. The quantitative estimate of drug-likeness (QED) is 0.898. The van der Waals surface area contributed by atoms with Crippen molar-refractivity contribution in [3.05, 3.63) is 23.7 Å². The van der Waals surface area contributed by atoms with Gasteiger partial charge in [-0.15, -0.1) is 12.4 Å². The molecule has 0 saturated carbocycles. The molecule has 1 saturated heterocycles. The summed E-state index contributed by atoms with van der Waals surface area (Å²) in [6.45, 7) is 4.50. The average molecular weight is 259 g/mol. The molecule has 1 N–H and O–H groups in total. The van der Waals surface area contributed by atoms with E-state index in [0.717, 1.165) is 31.8 Å². The van der Waals surface area contributed by atoms with Crippen molar-refractivity contribution in [2.45, 2.75) is 13.3 Å². The Morgan fingerprint density at radius 1 is 1.59 bits per heavy atom. The number of likely N-dealkylation sites (tertiary alicyclic amines) is 1. The molecule has 2 heterocycles. The highest BCUT2D eigenvalue weighted by atomic mass is 35.5. The highest BCUT2D eigenvalue weighted by molar-refractivity contribution is 5.91. The number of rotatable bonds is 3. The maximum Gasteiger partial charge on any atom is 0.289 e. The van der Waals surface area contributed by atoms with Gasteiger partial charge < -0.3 is 14.6 Å². The molecule has 1 aromatic heterocycles. The summed E-state index contributed by atoms with van der Waals surface area (Å²) in [7, 11) is 1.94. The minimum atomic E-state index is 0. The van der Waals surface area contributed by atoms with Crippen molar-refractivity contribution in [2.24, 2.45) is 5.92 Å². The van der Waals surface area contributed by atoms with Gasteiger partial charge in [-0.2, -0.15) is 0 Å². The molecule has 96 valence electrons. The number of carbonyl (C=O) groups is 1. The number of nitrogens with one attached hydrogen (secondary N) is 1. The highest BCUT2D eigenvalue weighted by Crippen LogP contribution is 2.19. The molecule has 1 unspecified atom stereocenters. The van der Waals surface area contributed by atoms with Crippen molar-refractivity contribution >= 4 is 18.3 Å². The maximum atomic E-state index is 12.0. The van der Waals surface area contributed by atoms with Crippen molar-refractivity contribution in [2.75, 3.05) is 26.7 Å². The zero-order valence-corrected chi connectivity index (χ0v) is 11.0. The molecule has 1 amide bonds. The number of furan rings is 1. The fraction of sp³-hybridized carbons (Fsp3) is 0.583. The second kappa shape index (κ2) is 6.07. The van der Waals surface area contributed by atoms with Crippen LogP contribution in [0.15, 0.2) is 16.5 Å². The van der Waals surface area contributed by atoms with Crippen LogP contribution in [0.25, 0.3) is 0 Å². The first-order chi connectivity index (χ1) is 7.70. The molecular weight excluding hydrogens is 240 g/mol. The Morgan fingerprint density at radius 2 is 2.35 bits per heavy atom. The van der Waals surface area contributed by atoms with E-state index in [9.17, 15) is 4.79 Å². The number of nitrogens with zero attached hydrogens (tertiary/aromatic N) is 1. The Morgan fingerprint density at radius 3 is 2.94 bits per heavy atom. The van der Waals surface area contributed by atoms with Crippen molar-refractivity contribution < 1.29 is 9.21 Å². The zero-order chi connectivity index (χ0) is 11.5. The second-order valence-electron chi connectivity index (χ2n) is 4.37. The third-order valence-electron chi connectivity index (χ3n) is 3.02. The minimum Gasteiger partial charge on any atom is -0.456 e. The van der Waals surface area contributed by atoms with Gasteiger partial charge in [0.25, 0.3) is 5.91 Å². The van der Waals surface area contributed by atoms with Crippen LogP contribution in [0.3, 0.4) is 0 Å². The Balaban J connectivity index is 0.00000144. The van der Waals surface area contributed by atoms with Crippen LogP contribution in [0.2, 0.25) is 0 Å². The van der Waals surface area contributed by atoms with E-state index >= 15 is 0 Å². The predicted octanol–water partition coefficient (Wildman–Crippen LogP) is 1.69. The lowest BCUT2D eigenvalue weighted by Crippen LogP contribution is -2.30. The van der Waals surface area contributed by atoms with Gasteiger partial charge in [0.15, 0.2) is 5.76 Å². The summed E-state index contributed by atoms with van der Waals surface area (Å²) in [5.74, 6) is 1.84. The van der Waals surface area contributed by atoms with E-state index in [-0.39, 0.29) is 18.3 Å². The van der Waals surface area contributed by atoms with Crippen molar-refractivity contribution in [1.82, 2.24) is 10.2 Å². The first-order valence-electron chi connectivity index (χ1n) is 5.71. The number of hydrogen-bond acceptors (Lipinski definition) is 3. The van der Waals surface area contributed by atoms with Crippen LogP contribution in [-0.4, -0.2) is 37.5 Å². The van der Waals surface area contributed by atoms with Gasteiger partial charge in [0.05, 0.1) is 0 Å². The monoisotopic (exact) mass is 258 g/mol. The number of aryl methyl sites for hydroxylation is 1. The van der Waals surface area contributed by atoms with Gasteiger partial charge in [0.2, 0.25) is 0 Å². The molecule has 1 aromatic rings. The third-order valence-corrected chi connectivity index (χ3v) is 3.02. The molecule has 1 atom stereocenters. The maximum absolute atomic E-state index is 12.0. The molecule has 1 fully saturated rings. The van der Waals surface area contributed by atoms with Gasteiger partial charge in [-0.05, 0) is 45.0 Å². The van der Waals surface area contributed by atoms with Gasteiger partial charge in [-0.3, -0.25) is 4.79 Å². The summed E-state index contributed by atoms with van der Waals surface area (Å²) < 4.78 is 5.35. The summed E-state index contributed by atoms with van der Waals surface area (Å²) in [6.07, 6.45) is 1.08. The number of halogens is 1. The van der Waals surface area contributed by atoms with Gasteiger partial charge in [0, 0.05) is 13.1 Å². The molecule has 4 nitrogen and oxygen atoms in total. The summed E-state index contributed by atoms with van der Waals surface area (Å²) in [5.41, 5.74) is 0. The molecule has 0 aromatic carbocycles. The molecular formula is C12H19ClN2O2. The zero-order valence-electron chi connectivity index (χ0n) is 10.2. The molecule has 1 aliphatic heterocycles. The second-order valence-corrected chi connectivity index (χ2v) is 4.37. The van der Waals surface area contributed by atoms with Crippen molar-refractivity contribution in [3.63, 3.8) is 0 Å². The fourth-order valence-electron chi connectivity index (χ4n) is 2.18. The van der Waals surface area contributed by atoms with Crippen LogP contribution in [0.4, 0.5) is 0 Å². The smallest absolute Gasteiger partial charge is 0.289 e. The van der Waals surface area contributed by atoms with Crippen molar-refractivity contribution in [3.8, 4) is 0 Å². The van der Waals surface area contributed by atoms with E-state index in [4.69, 9.17) is 4.42 Å². The van der Waals surface area contributed by atoms with E-state index in [1.165, 1.54) is 0 Å². The average Bonchev–Trinajstić information content (AvgIpc) is 2.87. The predicted molar refractivity (Wildman–Crippen MR) is 68.6 cm³/mol. The van der Waals surface area contributed by atoms with Crippen LogP contribution in [0, 0.1) is 12.8 Å². The van der Waals surface area contributed by atoms with E-state index in [1.54, 1.807) is 6.07 Å². The van der Waals surface area contributed by atoms with Gasteiger partial charge >= 0.3 is 0 Å². The largest absolute Gasteiger partial charge is 0.456 e. The first kappa shape index (κ1) is 14.1. The Labute approximate surface area is 108 Å². The highest BCUT2D eigenvalue weighted by Gasteiger charge is 2.27. The SMILES string of the molecule is CNCC1CCN(C(=O)c2ccc(C)o2)C1.Cl. The van der Waals surface area contributed by atoms with E-state index in [0.29, 0.717) is 11.7 Å². The molecule has 0 radical (unpaired) electrons. The van der Waals surface area contributed by atoms with E-state index < -0.39 is 0 Å². The first-order valence-corrected chi connectivity index (χ1v) is 5.71. The van der Waals surface area contributed by atoms with Crippen LogP contribution in [-0.2, 0) is 0 Å². The molecule has 17 heavy (non-hydrogen) atoms. The summed E-state index contributed by atoms with van der Waals surface area (Å²) in [6, 6.07) is 3.58. The third kappa shape index (κ3) is 3.23. The number of carbonyl (C=O) groups excluding carboxylic acids is 1. The Bertz CT molecular complexity index is 378. The normalized spacial score (nSPS) is 19.2. The lowest BCUT2D eigenvalue weighted by molar-refractivity contribution is 0.0754. The van der Waals surface area contributed by atoms with Gasteiger partial charge in [-0.1, -0.05) is 0 Å². The topological polar surface area (TPSA) is 45.5 Å². The van der Waals surface area contributed by atoms with E-state index in [1.807, 2.05) is 24.9 Å². The molecule has 1 aliphatic rings. The summed E-state index contributed by atoms with van der Waals surface area (Å²) in [5, 5.41) is 3.15. The molecule has 5 heteroatoms. The standard InChI is InChI=1S/C12H18N2O2.ClH/c1-9-3-4-11(16-9)12(15)14-6-5-10(8-14)7-13-2;/h3-4,10,13H,5-8H2,1-2H3;1H. The van der Waals surface area contributed by atoms with Crippen LogP contribution in [0.5, 0.6) is 0 Å². The Kier molecular flexibility index (Phi) is 5.02. The fourth-order valence-corrected chi connectivity index (χ4v) is 2.18. The van der Waals surface area contributed by atoms with E-state index in [2.05, 4.69) is 5.32 Å². The van der Waals surface area contributed by atoms with Crippen molar-refractivity contribution in [1.29, 1.82) is 0 Å². The molecule has 0 bridgehead atoms. The van der Waals surface area contributed by atoms with Crippen LogP contribution >= 0.6 is 12.4 Å². The lowest BCUT2D eigenvalue weighted by Gasteiger charge is -2.14. The van der Waals surface area contributed by atoms with Gasteiger partial charge in [-0.25, -0.2) is 0 Å².